The first-order valence-corrected chi connectivity index (χ1v) is 11.7. The van der Waals surface area contributed by atoms with Crippen molar-refractivity contribution >= 4 is 29.2 Å². The van der Waals surface area contributed by atoms with Crippen molar-refractivity contribution in [1.82, 2.24) is 15.2 Å². The molecule has 0 atom stereocenters. The minimum atomic E-state index is -0.228. The molecule has 1 heterocycles. The van der Waals surface area contributed by atoms with Crippen LogP contribution in [0.1, 0.15) is 49.7 Å². The van der Waals surface area contributed by atoms with Gasteiger partial charge in [-0.2, -0.15) is 0 Å². The Kier molecular flexibility index (Phi) is 8.55. The molecule has 178 valence electrons. The van der Waals surface area contributed by atoms with Crippen molar-refractivity contribution in [3.8, 4) is 0 Å². The third-order valence-corrected chi connectivity index (χ3v) is 7.27. The molecule has 0 spiro atoms. The van der Waals surface area contributed by atoms with Gasteiger partial charge in [-0.25, -0.2) is 4.39 Å². The van der Waals surface area contributed by atoms with Crippen molar-refractivity contribution in [2.24, 2.45) is 5.92 Å². The van der Waals surface area contributed by atoms with Crippen LogP contribution in [0.2, 0.25) is 0 Å². The SMILES string of the molecule is CN(C)C1(c2ccccc2)CCC(CNC(=O)CCCc2c[nH]c3ccc(F)cc23)CC1.Cl. The molecule has 0 saturated heterocycles. The number of benzene rings is 2. The molecule has 33 heavy (non-hydrogen) atoms. The molecule has 2 N–H and O–H groups in total. The molecule has 1 aliphatic carbocycles. The summed E-state index contributed by atoms with van der Waals surface area (Å²) in [5, 5.41) is 4.07. The van der Waals surface area contributed by atoms with Crippen molar-refractivity contribution in [2.45, 2.75) is 50.5 Å². The second-order valence-electron chi connectivity index (χ2n) is 9.40. The molecule has 0 radical (unpaired) electrons. The number of carbonyl (C=O) groups is 1. The number of hydrogen-bond donors (Lipinski definition) is 2. The van der Waals surface area contributed by atoms with Gasteiger partial charge in [-0.15, -0.1) is 12.4 Å². The summed E-state index contributed by atoms with van der Waals surface area (Å²) in [6.07, 6.45) is 8.42. The van der Waals surface area contributed by atoms with Crippen LogP contribution >= 0.6 is 12.4 Å². The Balaban J connectivity index is 0.00000306. The van der Waals surface area contributed by atoms with Crippen LogP contribution in [0.25, 0.3) is 10.9 Å². The zero-order valence-electron chi connectivity index (χ0n) is 19.6. The second kappa shape index (κ2) is 11.2. The van der Waals surface area contributed by atoms with E-state index in [4.69, 9.17) is 0 Å². The molecule has 0 unspecified atom stereocenters. The van der Waals surface area contributed by atoms with Crippen LogP contribution < -0.4 is 5.32 Å². The second-order valence-corrected chi connectivity index (χ2v) is 9.40. The van der Waals surface area contributed by atoms with E-state index in [1.165, 1.54) is 11.6 Å². The molecule has 1 saturated carbocycles. The Morgan fingerprint density at radius 1 is 1.15 bits per heavy atom. The fourth-order valence-electron chi connectivity index (χ4n) is 5.25. The number of aromatic amines is 1. The Morgan fingerprint density at radius 3 is 2.58 bits per heavy atom. The summed E-state index contributed by atoms with van der Waals surface area (Å²) in [7, 11) is 4.36. The van der Waals surface area contributed by atoms with E-state index in [0.717, 1.165) is 61.5 Å². The van der Waals surface area contributed by atoms with Gasteiger partial charge in [0.25, 0.3) is 0 Å². The molecule has 1 aliphatic rings. The van der Waals surface area contributed by atoms with Crippen LogP contribution in [0.5, 0.6) is 0 Å². The predicted molar refractivity (Wildman–Crippen MR) is 135 cm³/mol. The smallest absolute Gasteiger partial charge is 0.220 e. The van der Waals surface area contributed by atoms with Crippen LogP contribution in [-0.2, 0) is 16.8 Å². The Labute approximate surface area is 202 Å². The van der Waals surface area contributed by atoms with Gasteiger partial charge in [-0.3, -0.25) is 9.69 Å². The number of aryl methyl sites for hydroxylation is 1. The monoisotopic (exact) mass is 471 g/mol. The summed E-state index contributed by atoms with van der Waals surface area (Å²) in [6, 6.07) is 15.6. The fourth-order valence-corrected chi connectivity index (χ4v) is 5.25. The highest BCUT2D eigenvalue weighted by Crippen LogP contribution is 2.42. The number of nitrogens with one attached hydrogen (secondary N) is 2. The number of aromatic nitrogens is 1. The van der Waals surface area contributed by atoms with E-state index in [2.05, 4.69) is 59.6 Å². The van der Waals surface area contributed by atoms with Crippen LogP contribution in [0.3, 0.4) is 0 Å². The Morgan fingerprint density at radius 2 is 1.88 bits per heavy atom. The molecule has 2 aromatic carbocycles. The zero-order valence-corrected chi connectivity index (χ0v) is 20.4. The van der Waals surface area contributed by atoms with E-state index < -0.39 is 0 Å². The van der Waals surface area contributed by atoms with E-state index >= 15 is 0 Å². The van der Waals surface area contributed by atoms with E-state index in [1.807, 2.05) is 6.20 Å². The summed E-state index contributed by atoms with van der Waals surface area (Å²) in [6.45, 7) is 0.759. The third kappa shape index (κ3) is 5.77. The Bertz CT molecular complexity index is 1040. The van der Waals surface area contributed by atoms with Gasteiger partial charge in [0.1, 0.15) is 5.82 Å². The maximum absolute atomic E-state index is 13.5. The summed E-state index contributed by atoms with van der Waals surface area (Å²) < 4.78 is 13.5. The molecular weight excluding hydrogens is 437 g/mol. The highest BCUT2D eigenvalue weighted by molar-refractivity contribution is 5.85. The minimum absolute atomic E-state index is 0. The van der Waals surface area contributed by atoms with Crippen molar-refractivity contribution in [3.05, 3.63) is 71.7 Å². The third-order valence-electron chi connectivity index (χ3n) is 7.27. The van der Waals surface area contributed by atoms with Gasteiger partial charge in [-0.1, -0.05) is 30.3 Å². The minimum Gasteiger partial charge on any atom is -0.361 e. The number of hydrogen-bond acceptors (Lipinski definition) is 2. The summed E-state index contributed by atoms with van der Waals surface area (Å²) in [5.74, 6) is 0.421. The van der Waals surface area contributed by atoms with Crippen molar-refractivity contribution in [1.29, 1.82) is 0 Å². The Hall–Kier alpha value is -2.37. The molecule has 6 heteroatoms. The number of amides is 1. The quantitative estimate of drug-likeness (QED) is 0.435. The van der Waals surface area contributed by atoms with E-state index in [-0.39, 0.29) is 29.7 Å². The number of H-pyrrole nitrogens is 1. The average molecular weight is 472 g/mol. The summed E-state index contributed by atoms with van der Waals surface area (Å²) in [5.41, 5.74) is 3.50. The maximum atomic E-state index is 13.5. The molecule has 0 aliphatic heterocycles. The van der Waals surface area contributed by atoms with E-state index in [9.17, 15) is 9.18 Å². The van der Waals surface area contributed by atoms with Gasteiger partial charge in [0.05, 0.1) is 0 Å². The number of fused-ring (bicyclic) bond motifs is 1. The van der Waals surface area contributed by atoms with Crippen LogP contribution in [0.4, 0.5) is 4.39 Å². The van der Waals surface area contributed by atoms with Crippen LogP contribution in [0, 0.1) is 11.7 Å². The highest BCUT2D eigenvalue weighted by Gasteiger charge is 2.38. The van der Waals surface area contributed by atoms with Crippen molar-refractivity contribution < 1.29 is 9.18 Å². The lowest BCUT2D eigenvalue weighted by molar-refractivity contribution is -0.121. The van der Waals surface area contributed by atoms with E-state index in [1.54, 1.807) is 12.1 Å². The molecular formula is C27H35ClFN3O. The topological polar surface area (TPSA) is 48.1 Å². The van der Waals surface area contributed by atoms with Gasteiger partial charge in [0.15, 0.2) is 0 Å². The maximum Gasteiger partial charge on any atom is 0.220 e. The van der Waals surface area contributed by atoms with Gasteiger partial charge in [0, 0.05) is 35.6 Å². The number of halogens is 2. The average Bonchev–Trinajstić information content (AvgIpc) is 3.20. The lowest BCUT2D eigenvalue weighted by Gasteiger charge is -2.45. The lowest BCUT2D eigenvalue weighted by atomic mass is 9.72. The molecule has 1 amide bonds. The summed E-state index contributed by atoms with van der Waals surface area (Å²) >= 11 is 0. The molecule has 0 bridgehead atoms. The number of carbonyl (C=O) groups excluding carboxylic acids is 1. The lowest BCUT2D eigenvalue weighted by Crippen LogP contribution is -2.45. The van der Waals surface area contributed by atoms with E-state index in [0.29, 0.717) is 12.3 Å². The molecule has 4 rings (SSSR count). The van der Waals surface area contributed by atoms with Gasteiger partial charge in [0.2, 0.25) is 5.91 Å². The van der Waals surface area contributed by atoms with Crippen molar-refractivity contribution in [3.63, 3.8) is 0 Å². The van der Waals surface area contributed by atoms with Gasteiger partial charge >= 0.3 is 0 Å². The van der Waals surface area contributed by atoms with Crippen LogP contribution in [0.15, 0.2) is 54.7 Å². The molecule has 4 nitrogen and oxygen atoms in total. The molecule has 3 aromatic rings. The largest absolute Gasteiger partial charge is 0.361 e. The van der Waals surface area contributed by atoms with Gasteiger partial charge in [-0.05, 0) is 87.9 Å². The first-order chi connectivity index (χ1) is 15.5. The zero-order chi connectivity index (χ0) is 22.6. The number of nitrogens with zero attached hydrogens (tertiary/aromatic N) is 1. The number of rotatable bonds is 8. The first kappa shape index (κ1) is 25.3. The molecule has 1 fully saturated rings. The summed E-state index contributed by atoms with van der Waals surface area (Å²) in [4.78, 5) is 17.9. The standard InChI is InChI=1S/C27H34FN3O.ClH/c1-31(2)27(22-8-4-3-5-9-22)15-13-20(14-16-27)18-30-26(32)10-6-7-21-19-29-25-12-11-23(28)17-24(21)25;/h3-5,8-9,11-12,17,19-20,29H,6-7,10,13-16,18H2,1-2H3,(H,30,32);1H. The highest BCUT2D eigenvalue weighted by atomic mass is 35.5. The first-order valence-electron chi connectivity index (χ1n) is 11.7. The fraction of sp³-hybridized carbons (Fsp3) is 0.444. The van der Waals surface area contributed by atoms with Crippen molar-refractivity contribution in [2.75, 3.05) is 20.6 Å². The predicted octanol–water partition coefficient (Wildman–Crippen LogP) is 5.82. The van der Waals surface area contributed by atoms with Crippen LogP contribution in [-0.4, -0.2) is 36.4 Å². The van der Waals surface area contributed by atoms with Gasteiger partial charge < -0.3 is 10.3 Å². The normalized spacial score (nSPS) is 20.5. The molecule has 1 aromatic heterocycles.